The van der Waals surface area contributed by atoms with E-state index in [-0.39, 0.29) is 19.6 Å². The van der Waals surface area contributed by atoms with Crippen molar-refractivity contribution in [2.24, 2.45) is 0 Å². The highest BCUT2D eigenvalue weighted by Crippen LogP contribution is 2.36. The van der Waals surface area contributed by atoms with E-state index < -0.39 is 29.7 Å². The Morgan fingerprint density at radius 1 is 1.04 bits per heavy atom. The normalized spacial score (nSPS) is 21.6. The minimum Gasteiger partial charge on any atom is -0.464 e. The van der Waals surface area contributed by atoms with Gasteiger partial charge < -0.3 is 19.5 Å². The van der Waals surface area contributed by atoms with E-state index in [1.807, 2.05) is 13.8 Å². The second-order valence-electron chi connectivity index (χ2n) is 6.74. The molecule has 1 aromatic rings. The quantitative estimate of drug-likeness (QED) is 0.592. The van der Waals surface area contributed by atoms with Gasteiger partial charge in [-0.1, -0.05) is 29.3 Å². The molecule has 0 saturated carbocycles. The smallest absolute Gasteiger partial charge is 0.464 e. The summed E-state index contributed by atoms with van der Waals surface area (Å²) in [6, 6.07) is 8.54. The maximum atomic E-state index is 13.0. The van der Waals surface area contributed by atoms with Crippen LogP contribution in [0.15, 0.2) is 41.5 Å². The topological polar surface area (TPSA) is 90.9 Å². The highest BCUT2D eigenvalue weighted by atomic mass is 16.7. The van der Waals surface area contributed by atoms with Crippen molar-refractivity contribution < 1.29 is 28.6 Å². The third-order valence-electron chi connectivity index (χ3n) is 4.83. The monoisotopic (exact) mass is 389 g/mol. The number of esters is 1. The van der Waals surface area contributed by atoms with E-state index in [2.05, 4.69) is 5.32 Å². The Morgan fingerprint density at radius 2 is 1.68 bits per heavy atom. The van der Waals surface area contributed by atoms with Gasteiger partial charge in [-0.15, -0.1) is 0 Å². The van der Waals surface area contributed by atoms with Crippen LogP contribution in [0.4, 0.5) is 4.79 Å². The summed E-state index contributed by atoms with van der Waals surface area (Å²) in [6.07, 6.45) is -1.36. The van der Waals surface area contributed by atoms with Crippen LogP contribution in [-0.2, 0) is 19.0 Å². The Kier molecular flexibility index (Phi) is 7.20. The summed E-state index contributed by atoms with van der Waals surface area (Å²) in [5.41, 5.74) is 0.789. The van der Waals surface area contributed by atoms with Crippen molar-refractivity contribution in [2.45, 2.75) is 52.2 Å². The molecule has 0 radical (unpaired) electrons. The zero-order chi connectivity index (χ0) is 20.7. The van der Waals surface area contributed by atoms with Gasteiger partial charge >= 0.3 is 12.1 Å². The van der Waals surface area contributed by atoms with E-state index >= 15 is 0 Å². The molecule has 0 spiro atoms. The molecule has 1 aliphatic rings. The van der Waals surface area contributed by atoms with Gasteiger partial charge in [-0.25, -0.2) is 9.59 Å². The predicted octanol–water partition coefficient (Wildman–Crippen LogP) is 3.39. The van der Waals surface area contributed by atoms with Crippen molar-refractivity contribution in [3.05, 3.63) is 47.0 Å². The highest BCUT2D eigenvalue weighted by Gasteiger charge is 2.53. The number of benzene rings is 1. The molecule has 0 heterocycles. The zero-order valence-corrected chi connectivity index (χ0v) is 16.7. The lowest BCUT2D eigenvalue weighted by atomic mass is 9.76. The largest absolute Gasteiger partial charge is 0.508 e. The molecule has 1 aromatic carbocycles. The molecule has 1 aliphatic carbocycles. The van der Waals surface area contributed by atoms with Crippen LogP contribution in [-0.4, -0.2) is 42.9 Å². The maximum absolute atomic E-state index is 13.0. The van der Waals surface area contributed by atoms with Crippen LogP contribution in [0.5, 0.6) is 0 Å². The van der Waals surface area contributed by atoms with E-state index in [9.17, 15) is 14.4 Å². The SMILES string of the molecule is CCOC(=O)O[C@@H]1CC(C)=C(C)C[C@@]1(NC(=O)c1ccccc1)C(=O)OCC. The number of carbonyl (C=O) groups is 3. The van der Waals surface area contributed by atoms with E-state index in [1.165, 1.54) is 0 Å². The standard InChI is InChI=1S/C21H27NO6/c1-5-26-19(24)21(22-18(23)16-10-8-7-9-11-16)13-15(4)14(3)12-17(21)28-20(25)27-6-2/h7-11,17H,5-6,12-13H2,1-4H3,(H,22,23)/t17-,21+/m1/s1. The predicted molar refractivity (Wildman–Crippen MR) is 103 cm³/mol. The number of rotatable bonds is 6. The van der Waals surface area contributed by atoms with Gasteiger partial charge in [-0.3, -0.25) is 4.79 Å². The highest BCUT2D eigenvalue weighted by molar-refractivity contribution is 5.98. The van der Waals surface area contributed by atoms with Crippen LogP contribution in [0.3, 0.4) is 0 Å². The van der Waals surface area contributed by atoms with Gasteiger partial charge in [-0.05, 0) is 39.8 Å². The number of nitrogens with one attached hydrogen (secondary N) is 1. The van der Waals surface area contributed by atoms with Gasteiger partial charge in [0.05, 0.1) is 13.2 Å². The number of hydrogen-bond acceptors (Lipinski definition) is 6. The van der Waals surface area contributed by atoms with Gasteiger partial charge in [0.1, 0.15) is 6.10 Å². The second-order valence-corrected chi connectivity index (χ2v) is 6.74. The summed E-state index contributed by atoms with van der Waals surface area (Å²) >= 11 is 0. The van der Waals surface area contributed by atoms with Crippen LogP contribution in [0.2, 0.25) is 0 Å². The first kappa shape index (κ1) is 21.5. The Bertz CT molecular complexity index is 757. The minimum atomic E-state index is -1.53. The van der Waals surface area contributed by atoms with Crippen molar-refractivity contribution in [3.63, 3.8) is 0 Å². The van der Waals surface area contributed by atoms with Crippen molar-refractivity contribution in [1.29, 1.82) is 0 Å². The lowest BCUT2D eigenvalue weighted by Gasteiger charge is -2.42. The summed E-state index contributed by atoms with van der Waals surface area (Å²) in [4.78, 5) is 37.9. The van der Waals surface area contributed by atoms with Crippen molar-refractivity contribution in [1.82, 2.24) is 5.32 Å². The summed E-state index contributed by atoms with van der Waals surface area (Å²) < 4.78 is 15.6. The van der Waals surface area contributed by atoms with Gasteiger partial charge in [0.25, 0.3) is 5.91 Å². The molecule has 0 fully saturated rings. The average molecular weight is 389 g/mol. The molecule has 0 unspecified atom stereocenters. The first-order chi connectivity index (χ1) is 13.3. The fourth-order valence-electron chi connectivity index (χ4n) is 3.22. The number of hydrogen-bond donors (Lipinski definition) is 1. The molecule has 1 N–H and O–H groups in total. The van der Waals surface area contributed by atoms with Gasteiger partial charge in [0, 0.05) is 18.4 Å². The molecule has 0 bridgehead atoms. The second kappa shape index (κ2) is 9.39. The lowest BCUT2D eigenvalue weighted by Crippen LogP contribution is -2.65. The van der Waals surface area contributed by atoms with E-state index in [4.69, 9.17) is 14.2 Å². The third kappa shape index (κ3) is 4.71. The van der Waals surface area contributed by atoms with E-state index in [1.54, 1.807) is 44.2 Å². The molecule has 28 heavy (non-hydrogen) atoms. The third-order valence-corrected chi connectivity index (χ3v) is 4.83. The van der Waals surface area contributed by atoms with Crippen molar-refractivity contribution >= 4 is 18.0 Å². The summed E-state index contributed by atoms with van der Waals surface area (Å²) in [5, 5.41) is 2.80. The minimum absolute atomic E-state index is 0.135. The molecule has 7 nitrogen and oxygen atoms in total. The van der Waals surface area contributed by atoms with E-state index in [0.717, 1.165) is 11.1 Å². The Hall–Kier alpha value is -2.83. The summed E-state index contributed by atoms with van der Waals surface area (Å²) in [5.74, 6) is -1.08. The molecular formula is C21H27NO6. The molecule has 0 saturated heterocycles. The van der Waals surface area contributed by atoms with Gasteiger partial charge in [0.15, 0.2) is 5.54 Å². The van der Waals surface area contributed by atoms with Crippen LogP contribution in [0.1, 0.15) is 50.9 Å². The summed E-state index contributed by atoms with van der Waals surface area (Å²) in [7, 11) is 0. The van der Waals surface area contributed by atoms with Crippen LogP contribution < -0.4 is 5.32 Å². The molecule has 2 rings (SSSR count). The number of carbonyl (C=O) groups excluding carboxylic acids is 3. The fourth-order valence-corrected chi connectivity index (χ4v) is 3.22. The molecule has 2 atom stereocenters. The fraction of sp³-hybridized carbons (Fsp3) is 0.476. The Morgan fingerprint density at radius 3 is 2.29 bits per heavy atom. The first-order valence-electron chi connectivity index (χ1n) is 9.37. The molecular weight excluding hydrogens is 362 g/mol. The molecule has 7 heteroatoms. The van der Waals surface area contributed by atoms with Gasteiger partial charge in [0.2, 0.25) is 0 Å². The van der Waals surface area contributed by atoms with E-state index in [0.29, 0.717) is 12.0 Å². The maximum Gasteiger partial charge on any atom is 0.508 e. The first-order valence-corrected chi connectivity index (χ1v) is 9.37. The molecule has 152 valence electrons. The lowest BCUT2D eigenvalue weighted by molar-refractivity contribution is -0.157. The summed E-state index contributed by atoms with van der Waals surface area (Å²) in [6.45, 7) is 7.41. The number of ether oxygens (including phenoxy) is 3. The average Bonchev–Trinajstić information content (AvgIpc) is 2.66. The molecule has 0 aromatic heterocycles. The zero-order valence-electron chi connectivity index (χ0n) is 16.7. The van der Waals surface area contributed by atoms with Crippen LogP contribution >= 0.6 is 0 Å². The molecule has 1 amide bonds. The van der Waals surface area contributed by atoms with Gasteiger partial charge in [-0.2, -0.15) is 0 Å². The molecule has 0 aliphatic heterocycles. The van der Waals surface area contributed by atoms with Crippen LogP contribution in [0.25, 0.3) is 0 Å². The number of amides is 1. The Balaban J connectivity index is 2.44. The Labute approximate surface area is 165 Å². The van der Waals surface area contributed by atoms with Crippen molar-refractivity contribution in [3.8, 4) is 0 Å². The van der Waals surface area contributed by atoms with Crippen LogP contribution in [0, 0.1) is 0 Å². The van der Waals surface area contributed by atoms with Crippen molar-refractivity contribution in [2.75, 3.05) is 13.2 Å².